The highest BCUT2D eigenvalue weighted by molar-refractivity contribution is 9.10. The van der Waals surface area contributed by atoms with Crippen molar-refractivity contribution in [3.05, 3.63) is 62.9 Å². The van der Waals surface area contributed by atoms with E-state index in [2.05, 4.69) is 52.1 Å². The fourth-order valence-corrected chi connectivity index (χ4v) is 2.87. The summed E-state index contributed by atoms with van der Waals surface area (Å²) in [5, 5.41) is 0. The van der Waals surface area contributed by atoms with Crippen molar-refractivity contribution in [3.8, 4) is 0 Å². The molecule has 1 aromatic heterocycles. The fraction of sp³-hybridized carbons (Fsp3) is 0.267. The highest BCUT2D eigenvalue weighted by Gasteiger charge is 2.14. The average molecular weight is 288 g/mol. The fourth-order valence-electron chi connectivity index (χ4n) is 2.49. The Kier molecular flexibility index (Phi) is 2.75. The van der Waals surface area contributed by atoms with Gasteiger partial charge in [-0.15, -0.1) is 0 Å². The summed E-state index contributed by atoms with van der Waals surface area (Å²) in [6.45, 7) is 2.16. The first kappa shape index (κ1) is 11.0. The van der Waals surface area contributed by atoms with E-state index < -0.39 is 0 Å². The van der Waals surface area contributed by atoms with Gasteiger partial charge >= 0.3 is 0 Å². The van der Waals surface area contributed by atoms with Crippen LogP contribution in [0.15, 0.2) is 34.9 Å². The molecule has 17 heavy (non-hydrogen) atoms. The maximum absolute atomic E-state index is 4.55. The molecule has 0 radical (unpaired) electrons. The zero-order valence-corrected chi connectivity index (χ0v) is 11.4. The molecule has 2 heteroatoms. The van der Waals surface area contributed by atoms with Crippen molar-refractivity contribution in [2.75, 3.05) is 0 Å². The van der Waals surface area contributed by atoms with Gasteiger partial charge in [0, 0.05) is 22.8 Å². The van der Waals surface area contributed by atoms with E-state index in [1.807, 2.05) is 6.20 Å². The molecule has 0 saturated carbocycles. The molecule has 3 rings (SSSR count). The Labute approximate surface area is 110 Å². The third-order valence-corrected chi connectivity index (χ3v) is 3.84. The van der Waals surface area contributed by atoms with Gasteiger partial charge in [-0.2, -0.15) is 0 Å². The lowest BCUT2D eigenvalue weighted by Gasteiger charge is -2.06. The molecule has 0 N–H and O–H groups in total. The third kappa shape index (κ3) is 2.14. The Morgan fingerprint density at radius 2 is 1.88 bits per heavy atom. The predicted octanol–water partition coefficient (Wildman–Crippen LogP) is 3.84. The molecule has 0 bridgehead atoms. The van der Waals surface area contributed by atoms with Crippen LogP contribution in [0, 0.1) is 6.92 Å². The predicted molar refractivity (Wildman–Crippen MR) is 73.3 cm³/mol. The summed E-state index contributed by atoms with van der Waals surface area (Å²) < 4.78 is 1.08. The van der Waals surface area contributed by atoms with Gasteiger partial charge in [0.2, 0.25) is 0 Å². The number of hydrogen-bond donors (Lipinski definition) is 0. The number of hydrogen-bond acceptors (Lipinski definition) is 1. The molecule has 0 unspecified atom stereocenters. The molecule has 1 heterocycles. The van der Waals surface area contributed by atoms with E-state index in [-0.39, 0.29) is 0 Å². The molecule has 1 nitrogen and oxygen atoms in total. The van der Waals surface area contributed by atoms with E-state index in [1.54, 1.807) is 0 Å². The lowest BCUT2D eigenvalue weighted by atomic mass is 10.0. The summed E-state index contributed by atoms with van der Waals surface area (Å²) in [5.41, 5.74) is 6.89. The van der Waals surface area contributed by atoms with Crippen molar-refractivity contribution < 1.29 is 0 Å². The molecular formula is C15H14BrN. The first-order chi connectivity index (χ1) is 8.22. The van der Waals surface area contributed by atoms with Gasteiger partial charge in [-0.25, -0.2) is 0 Å². The lowest BCUT2D eigenvalue weighted by molar-refractivity contribution is 0.948. The maximum atomic E-state index is 4.55. The van der Waals surface area contributed by atoms with Crippen LogP contribution in [0.2, 0.25) is 0 Å². The standard InChI is InChI=1S/C15H14BrN/c1-10-2-3-12-8-15-13(5-4-11(12)6-10)7-14(16)9-17-15/h2-3,6-7,9H,4-5,8H2,1H3. The van der Waals surface area contributed by atoms with Gasteiger partial charge in [0.1, 0.15) is 0 Å². The van der Waals surface area contributed by atoms with Crippen LogP contribution in [0.5, 0.6) is 0 Å². The van der Waals surface area contributed by atoms with Crippen LogP contribution in [0.25, 0.3) is 0 Å². The van der Waals surface area contributed by atoms with Gasteiger partial charge < -0.3 is 0 Å². The van der Waals surface area contributed by atoms with Crippen molar-refractivity contribution in [2.45, 2.75) is 26.2 Å². The van der Waals surface area contributed by atoms with Gasteiger partial charge in [-0.3, -0.25) is 4.98 Å². The minimum Gasteiger partial charge on any atom is -0.259 e. The Morgan fingerprint density at radius 3 is 2.76 bits per heavy atom. The van der Waals surface area contributed by atoms with E-state index in [1.165, 1.54) is 27.9 Å². The highest BCUT2D eigenvalue weighted by Crippen LogP contribution is 2.25. The van der Waals surface area contributed by atoms with Crippen LogP contribution < -0.4 is 0 Å². The van der Waals surface area contributed by atoms with E-state index in [0.717, 1.165) is 23.7 Å². The Morgan fingerprint density at radius 1 is 1.06 bits per heavy atom. The average Bonchev–Trinajstić information content (AvgIpc) is 2.48. The minimum absolute atomic E-state index is 0.970. The van der Waals surface area contributed by atoms with E-state index >= 15 is 0 Å². The molecule has 1 aliphatic carbocycles. The molecule has 0 amide bonds. The van der Waals surface area contributed by atoms with E-state index in [9.17, 15) is 0 Å². The molecule has 1 aliphatic rings. The molecule has 0 aliphatic heterocycles. The normalized spacial score (nSPS) is 13.8. The summed E-state index contributed by atoms with van der Waals surface area (Å²) in [7, 11) is 0. The van der Waals surface area contributed by atoms with Crippen molar-refractivity contribution >= 4 is 15.9 Å². The molecule has 86 valence electrons. The van der Waals surface area contributed by atoms with Crippen LogP contribution in [0.4, 0.5) is 0 Å². The second kappa shape index (κ2) is 4.26. The minimum atomic E-state index is 0.970. The van der Waals surface area contributed by atoms with Gasteiger partial charge in [0.05, 0.1) is 0 Å². The van der Waals surface area contributed by atoms with Crippen LogP contribution in [-0.2, 0) is 19.3 Å². The zero-order chi connectivity index (χ0) is 11.8. The summed E-state index contributed by atoms with van der Waals surface area (Å²) >= 11 is 3.50. The van der Waals surface area contributed by atoms with Crippen molar-refractivity contribution in [3.63, 3.8) is 0 Å². The number of nitrogens with zero attached hydrogens (tertiary/aromatic N) is 1. The first-order valence-corrected chi connectivity index (χ1v) is 6.73. The Bertz CT molecular complexity index is 524. The lowest BCUT2D eigenvalue weighted by Crippen LogP contribution is -1.96. The summed E-state index contributed by atoms with van der Waals surface area (Å²) in [4.78, 5) is 4.55. The van der Waals surface area contributed by atoms with Crippen molar-refractivity contribution in [2.24, 2.45) is 0 Å². The first-order valence-electron chi connectivity index (χ1n) is 5.94. The quantitative estimate of drug-likeness (QED) is 0.717. The number of pyridine rings is 1. The number of halogens is 1. The van der Waals surface area contributed by atoms with Gasteiger partial charge in [-0.1, -0.05) is 23.8 Å². The second-order valence-corrected chi connectivity index (χ2v) is 5.62. The van der Waals surface area contributed by atoms with Crippen LogP contribution in [0.3, 0.4) is 0 Å². The van der Waals surface area contributed by atoms with Crippen LogP contribution >= 0.6 is 15.9 Å². The maximum Gasteiger partial charge on any atom is 0.0480 e. The van der Waals surface area contributed by atoms with Crippen molar-refractivity contribution in [1.29, 1.82) is 0 Å². The van der Waals surface area contributed by atoms with Crippen molar-refractivity contribution in [1.82, 2.24) is 4.98 Å². The number of rotatable bonds is 0. The smallest absolute Gasteiger partial charge is 0.0480 e. The topological polar surface area (TPSA) is 12.9 Å². The summed E-state index contributed by atoms with van der Waals surface area (Å²) in [6.07, 6.45) is 5.09. The Balaban J connectivity index is 2.07. The number of aromatic nitrogens is 1. The second-order valence-electron chi connectivity index (χ2n) is 4.71. The number of aryl methyl sites for hydroxylation is 3. The van der Waals surface area contributed by atoms with Gasteiger partial charge in [0.15, 0.2) is 0 Å². The SMILES string of the molecule is Cc1ccc2c(c1)CCc1cc(Br)cnc1C2. The van der Waals surface area contributed by atoms with Gasteiger partial charge in [0.25, 0.3) is 0 Å². The molecule has 0 saturated heterocycles. The Hall–Kier alpha value is -1.15. The third-order valence-electron chi connectivity index (χ3n) is 3.41. The molecule has 0 fully saturated rings. The molecule has 2 aromatic rings. The zero-order valence-electron chi connectivity index (χ0n) is 9.83. The largest absolute Gasteiger partial charge is 0.259 e. The van der Waals surface area contributed by atoms with Gasteiger partial charge in [-0.05, 0) is 58.5 Å². The summed E-state index contributed by atoms with van der Waals surface area (Å²) in [5.74, 6) is 0. The monoisotopic (exact) mass is 287 g/mol. The molecule has 0 atom stereocenters. The van der Waals surface area contributed by atoms with Crippen LogP contribution in [-0.4, -0.2) is 4.98 Å². The van der Waals surface area contributed by atoms with E-state index in [4.69, 9.17) is 0 Å². The summed E-state index contributed by atoms with van der Waals surface area (Å²) in [6, 6.07) is 8.98. The van der Waals surface area contributed by atoms with Crippen LogP contribution in [0.1, 0.15) is 27.9 Å². The highest BCUT2D eigenvalue weighted by atomic mass is 79.9. The number of fused-ring (bicyclic) bond motifs is 2. The molecular weight excluding hydrogens is 274 g/mol. The molecule has 0 spiro atoms. The van der Waals surface area contributed by atoms with E-state index in [0.29, 0.717) is 0 Å². The number of benzene rings is 1. The molecule has 1 aromatic carbocycles.